The van der Waals surface area contributed by atoms with E-state index in [1.165, 1.54) is 23.1 Å². The van der Waals surface area contributed by atoms with Crippen LogP contribution in [0.3, 0.4) is 0 Å². The van der Waals surface area contributed by atoms with Gasteiger partial charge in [-0.2, -0.15) is 18.3 Å². The number of fused-ring (bicyclic) bond motifs is 1. The molecule has 128 valence electrons. The van der Waals surface area contributed by atoms with Crippen LogP contribution in [0, 0.1) is 5.82 Å². The summed E-state index contributed by atoms with van der Waals surface area (Å²) in [6, 6.07) is 5.28. The molecule has 0 fully saturated rings. The first-order chi connectivity index (χ1) is 11.3. The molecule has 0 spiro atoms. The van der Waals surface area contributed by atoms with Crippen LogP contribution in [0.1, 0.15) is 17.0 Å². The molecule has 0 radical (unpaired) electrons. The molecule has 3 rings (SSSR count). The summed E-state index contributed by atoms with van der Waals surface area (Å²) < 4.78 is 56.9. The monoisotopic (exact) mass is 343 g/mol. The molecule has 24 heavy (non-hydrogen) atoms. The summed E-state index contributed by atoms with van der Waals surface area (Å²) in [5.74, 6) is -0.796. The number of aromatic amines is 1. The summed E-state index contributed by atoms with van der Waals surface area (Å²) in [5, 5.41) is 5.68. The predicted octanol–water partition coefficient (Wildman–Crippen LogP) is 2.53. The van der Waals surface area contributed by atoms with Crippen LogP contribution in [0.25, 0.3) is 0 Å². The number of ether oxygens (including phenoxy) is 1. The fourth-order valence-electron chi connectivity index (χ4n) is 2.54. The van der Waals surface area contributed by atoms with Crippen LogP contribution in [0.5, 0.6) is 5.75 Å². The van der Waals surface area contributed by atoms with Crippen molar-refractivity contribution in [2.24, 2.45) is 0 Å². The molecule has 1 aromatic heterocycles. The highest BCUT2D eigenvalue weighted by Gasteiger charge is 2.39. The van der Waals surface area contributed by atoms with Gasteiger partial charge in [0.15, 0.2) is 12.3 Å². The minimum absolute atomic E-state index is 0.0205. The maximum atomic E-state index is 13.0. The number of rotatable bonds is 3. The van der Waals surface area contributed by atoms with Crippen molar-refractivity contribution in [2.45, 2.75) is 19.1 Å². The van der Waals surface area contributed by atoms with E-state index >= 15 is 0 Å². The second kappa shape index (κ2) is 6.14. The van der Waals surface area contributed by atoms with Gasteiger partial charge < -0.3 is 9.64 Å². The van der Waals surface area contributed by atoms with Gasteiger partial charge in [0.05, 0.1) is 0 Å². The van der Waals surface area contributed by atoms with E-state index in [1.54, 1.807) is 0 Å². The molecule has 2 aromatic rings. The van der Waals surface area contributed by atoms with Gasteiger partial charge in [0.2, 0.25) is 0 Å². The van der Waals surface area contributed by atoms with Gasteiger partial charge in [-0.3, -0.25) is 9.89 Å². The second-order valence-corrected chi connectivity index (χ2v) is 5.34. The van der Waals surface area contributed by atoms with E-state index in [0.717, 1.165) is 6.07 Å². The van der Waals surface area contributed by atoms with Crippen LogP contribution in [-0.2, 0) is 23.9 Å². The Kier molecular flexibility index (Phi) is 4.16. The van der Waals surface area contributed by atoms with Crippen molar-refractivity contribution in [2.75, 3.05) is 13.2 Å². The van der Waals surface area contributed by atoms with Crippen molar-refractivity contribution in [1.29, 1.82) is 0 Å². The standard InChI is InChI=1S/C15H13F4N3O2/c16-9-2-1-3-10(6-9)24-8-13(23)22-5-4-12-11(7-22)14(21-20-12)15(17,18)19/h1-3,6H,4-5,7-8H2,(H,20,21). The average Bonchev–Trinajstić information content (AvgIpc) is 2.96. The van der Waals surface area contributed by atoms with Gasteiger partial charge >= 0.3 is 6.18 Å². The number of carbonyl (C=O) groups is 1. The zero-order valence-electron chi connectivity index (χ0n) is 12.4. The van der Waals surface area contributed by atoms with Crippen LogP contribution in [-0.4, -0.2) is 34.2 Å². The lowest BCUT2D eigenvalue weighted by Crippen LogP contribution is -2.39. The molecule has 9 heteroatoms. The first-order valence-electron chi connectivity index (χ1n) is 7.14. The van der Waals surface area contributed by atoms with Gasteiger partial charge in [-0.25, -0.2) is 4.39 Å². The van der Waals surface area contributed by atoms with Crippen molar-refractivity contribution in [1.82, 2.24) is 15.1 Å². The summed E-state index contributed by atoms with van der Waals surface area (Å²) in [7, 11) is 0. The maximum Gasteiger partial charge on any atom is 0.435 e. The molecule has 0 aliphatic carbocycles. The highest BCUT2D eigenvalue weighted by Crippen LogP contribution is 2.33. The molecule has 1 N–H and O–H groups in total. The van der Waals surface area contributed by atoms with Crippen LogP contribution in [0.4, 0.5) is 17.6 Å². The molecule has 2 heterocycles. The lowest BCUT2D eigenvalue weighted by molar-refractivity contribution is -0.143. The van der Waals surface area contributed by atoms with Gasteiger partial charge in [-0.15, -0.1) is 0 Å². The minimum atomic E-state index is -4.58. The number of benzene rings is 1. The zero-order valence-corrected chi connectivity index (χ0v) is 12.4. The molecular weight excluding hydrogens is 330 g/mol. The zero-order chi connectivity index (χ0) is 17.3. The summed E-state index contributed by atoms with van der Waals surface area (Å²) in [5.41, 5.74) is -0.633. The van der Waals surface area contributed by atoms with Crippen LogP contribution < -0.4 is 4.74 Å². The average molecular weight is 343 g/mol. The van der Waals surface area contributed by atoms with Gasteiger partial charge in [0.25, 0.3) is 5.91 Å². The third-order valence-electron chi connectivity index (χ3n) is 3.71. The Morgan fingerprint density at radius 3 is 2.88 bits per heavy atom. The second-order valence-electron chi connectivity index (χ2n) is 5.34. The smallest absolute Gasteiger partial charge is 0.435 e. The highest BCUT2D eigenvalue weighted by molar-refractivity contribution is 5.78. The number of halogens is 4. The minimum Gasteiger partial charge on any atom is -0.484 e. The molecule has 5 nitrogen and oxygen atoms in total. The molecular formula is C15H13F4N3O2. The fourth-order valence-corrected chi connectivity index (χ4v) is 2.54. The third kappa shape index (κ3) is 3.34. The van der Waals surface area contributed by atoms with Crippen molar-refractivity contribution in [3.05, 3.63) is 47.0 Å². The normalized spacial score (nSPS) is 14.4. The van der Waals surface area contributed by atoms with E-state index in [-0.39, 0.29) is 37.4 Å². The molecule has 0 unspecified atom stereocenters. The quantitative estimate of drug-likeness (QED) is 0.872. The molecule has 0 saturated carbocycles. The van der Waals surface area contributed by atoms with E-state index in [2.05, 4.69) is 10.2 Å². The number of nitrogens with zero attached hydrogens (tertiary/aromatic N) is 2. The molecule has 1 aromatic carbocycles. The van der Waals surface area contributed by atoms with Crippen molar-refractivity contribution >= 4 is 5.91 Å². The molecule has 0 saturated heterocycles. The summed E-state index contributed by atoms with van der Waals surface area (Å²) in [4.78, 5) is 13.4. The van der Waals surface area contributed by atoms with Crippen molar-refractivity contribution in [3.63, 3.8) is 0 Å². The van der Waals surface area contributed by atoms with E-state index in [4.69, 9.17) is 4.74 Å². The van der Waals surface area contributed by atoms with Crippen LogP contribution in [0.15, 0.2) is 24.3 Å². The Bertz CT molecular complexity index is 757. The van der Waals surface area contributed by atoms with Crippen molar-refractivity contribution in [3.8, 4) is 5.75 Å². The fraction of sp³-hybridized carbons (Fsp3) is 0.333. The number of H-pyrrole nitrogens is 1. The predicted molar refractivity (Wildman–Crippen MR) is 74.6 cm³/mol. The molecule has 1 amide bonds. The Morgan fingerprint density at radius 1 is 1.38 bits per heavy atom. The summed E-state index contributed by atoms with van der Waals surface area (Å²) in [6.45, 7) is -0.304. The Morgan fingerprint density at radius 2 is 2.17 bits per heavy atom. The molecule has 1 aliphatic rings. The Balaban J connectivity index is 1.66. The Hall–Kier alpha value is -2.58. The van der Waals surface area contributed by atoms with E-state index in [9.17, 15) is 22.4 Å². The van der Waals surface area contributed by atoms with Gasteiger partial charge in [-0.1, -0.05) is 6.07 Å². The number of carbonyl (C=O) groups excluding carboxylic acids is 1. The van der Waals surface area contributed by atoms with Gasteiger partial charge in [0.1, 0.15) is 11.6 Å². The SMILES string of the molecule is O=C(COc1cccc(F)c1)N1CCc2[nH]nc(C(F)(F)F)c2C1. The van der Waals surface area contributed by atoms with Crippen LogP contribution in [0.2, 0.25) is 0 Å². The summed E-state index contributed by atoms with van der Waals surface area (Å²) >= 11 is 0. The molecule has 1 aliphatic heterocycles. The lowest BCUT2D eigenvalue weighted by Gasteiger charge is -2.27. The summed E-state index contributed by atoms with van der Waals surface area (Å²) in [6.07, 6.45) is -4.32. The number of amides is 1. The highest BCUT2D eigenvalue weighted by atomic mass is 19.4. The Labute approximate surface area is 134 Å². The lowest BCUT2D eigenvalue weighted by atomic mass is 10.1. The van der Waals surface area contributed by atoms with E-state index in [0.29, 0.717) is 5.69 Å². The molecule has 0 bridgehead atoms. The van der Waals surface area contributed by atoms with E-state index in [1.807, 2.05) is 0 Å². The van der Waals surface area contributed by atoms with E-state index < -0.39 is 23.6 Å². The maximum absolute atomic E-state index is 13.0. The topological polar surface area (TPSA) is 58.2 Å². The number of hydrogen-bond acceptors (Lipinski definition) is 3. The number of hydrogen-bond donors (Lipinski definition) is 1. The first-order valence-corrected chi connectivity index (χ1v) is 7.14. The molecule has 0 atom stereocenters. The largest absolute Gasteiger partial charge is 0.484 e. The number of alkyl halides is 3. The van der Waals surface area contributed by atoms with Gasteiger partial charge in [-0.05, 0) is 12.1 Å². The first kappa shape index (κ1) is 16.3. The number of aromatic nitrogens is 2. The van der Waals surface area contributed by atoms with Gasteiger partial charge in [0, 0.05) is 36.8 Å². The van der Waals surface area contributed by atoms with Crippen molar-refractivity contribution < 1.29 is 27.1 Å². The van der Waals surface area contributed by atoms with Crippen LogP contribution >= 0.6 is 0 Å². The number of nitrogens with one attached hydrogen (secondary N) is 1. The third-order valence-corrected chi connectivity index (χ3v) is 3.71.